The standard InChI is InChI=1S/C21H26Cl2N6O3/c1-12(2)25-17(30)11-29-8-6-13(7-9-29)26-21(32)19-16(10-24-28-19)27-20(31)18-14(22)4-3-5-15(18)23/h3-5,10,12-13H,6-9,11H2,1-2H3,(H,24,28)(H,25,30)(H,26,32)(H,27,31). The first kappa shape index (κ1) is 24.0. The van der Waals surface area contributed by atoms with Gasteiger partial charge in [-0.2, -0.15) is 5.10 Å². The summed E-state index contributed by atoms with van der Waals surface area (Å²) < 4.78 is 0. The van der Waals surface area contributed by atoms with Crippen LogP contribution in [0.25, 0.3) is 0 Å². The van der Waals surface area contributed by atoms with E-state index in [1.807, 2.05) is 13.8 Å². The van der Waals surface area contributed by atoms with Gasteiger partial charge in [0, 0.05) is 31.4 Å². The summed E-state index contributed by atoms with van der Waals surface area (Å²) in [6, 6.07) is 4.82. The number of aromatic nitrogens is 2. The quantitative estimate of drug-likeness (QED) is 0.485. The number of nitrogens with zero attached hydrogens (tertiary/aromatic N) is 2. The smallest absolute Gasteiger partial charge is 0.274 e. The summed E-state index contributed by atoms with van der Waals surface area (Å²) in [5.74, 6) is -0.940. The van der Waals surface area contributed by atoms with E-state index in [-0.39, 0.29) is 45.0 Å². The lowest BCUT2D eigenvalue weighted by molar-refractivity contribution is -0.123. The number of hydrogen-bond donors (Lipinski definition) is 4. The maximum absolute atomic E-state index is 12.8. The molecule has 1 aromatic heterocycles. The molecule has 0 aliphatic carbocycles. The number of anilines is 1. The Morgan fingerprint density at radius 1 is 1.16 bits per heavy atom. The number of hydrogen-bond acceptors (Lipinski definition) is 5. The summed E-state index contributed by atoms with van der Waals surface area (Å²) >= 11 is 12.2. The molecule has 3 amide bonds. The summed E-state index contributed by atoms with van der Waals surface area (Å²) in [7, 11) is 0. The third-order valence-electron chi connectivity index (χ3n) is 5.03. The van der Waals surface area contributed by atoms with Crippen molar-refractivity contribution >= 4 is 46.6 Å². The third kappa shape index (κ3) is 6.21. The zero-order chi connectivity index (χ0) is 23.3. The monoisotopic (exact) mass is 480 g/mol. The van der Waals surface area contributed by atoms with Crippen LogP contribution in [-0.4, -0.2) is 64.5 Å². The third-order valence-corrected chi connectivity index (χ3v) is 5.66. The van der Waals surface area contributed by atoms with Crippen LogP contribution in [0, 0.1) is 0 Å². The number of benzene rings is 1. The molecule has 1 aromatic carbocycles. The lowest BCUT2D eigenvalue weighted by Gasteiger charge is -2.31. The van der Waals surface area contributed by atoms with Crippen LogP contribution < -0.4 is 16.0 Å². The van der Waals surface area contributed by atoms with Crippen molar-refractivity contribution in [2.24, 2.45) is 0 Å². The first-order chi connectivity index (χ1) is 15.2. The lowest BCUT2D eigenvalue weighted by atomic mass is 10.0. The SMILES string of the molecule is CC(C)NC(=O)CN1CCC(NC(=O)c2n[nH]cc2NC(=O)c2c(Cl)cccc2Cl)CC1. The van der Waals surface area contributed by atoms with E-state index in [0.717, 1.165) is 0 Å². The molecule has 1 fully saturated rings. The first-order valence-corrected chi connectivity index (χ1v) is 11.1. The van der Waals surface area contributed by atoms with E-state index in [9.17, 15) is 14.4 Å². The minimum Gasteiger partial charge on any atom is -0.353 e. The molecule has 172 valence electrons. The summed E-state index contributed by atoms with van der Waals surface area (Å²) in [4.78, 5) is 39.4. The molecular formula is C21H26Cl2N6O3. The number of carbonyl (C=O) groups excluding carboxylic acids is 3. The van der Waals surface area contributed by atoms with Crippen molar-refractivity contribution in [3.8, 4) is 0 Å². The molecule has 1 aliphatic rings. The molecule has 3 rings (SSSR count). The number of halogens is 2. The number of H-pyrrole nitrogens is 1. The van der Waals surface area contributed by atoms with Crippen LogP contribution in [0.1, 0.15) is 47.5 Å². The molecule has 2 aromatic rings. The van der Waals surface area contributed by atoms with Crippen LogP contribution in [0.15, 0.2) is 24.4 Å². The summed E-state index contributed by atoms with van der Waals surface area (Å²) in [6.45, 7) is 5.60. The van der Waals surface area contributed by atoms with E-state index >= 15 is 0 Å². The number of likely N-dealkylation sites (tertiary alicyclic amines) is 1. The van der Waals surface area contributed by atoms with Crippen LogP contribution in [0.3, 0.4) is 0 Å². The Morgan fingerprint density at radius 3 is 2.44 bits per heavy atom. The number of aromatic amines is 1. The van der Waals surface area contributed by atoms with Crippen LogP contribution in [0.4, 0.5) is 5.69 Å². The van der Waals surface area contributed by atoms with Gasteiger partial charge in [0.25, 0.3) is 11.8 Å². The van der Waals surface area contributed by atoms with E-state index in [1.54, 1.807) is 18.2 Å². The van der Waals surface area contributed by atoms with Gasteiger partial charge in [0.15, 0.2) is 5.69 Å². The number of amides is 3. The first-order valence-electron chi connectivity index (χ1n) is 10.4. The Kier molecular flexibility index (Phi) is 8.11. The van der Waals surface area contributed by atoms with Gasteiger partial charge < -0.3 is 16.0 Å². The normalized spacial score (nSPS) is 14.9. The Morgan fingerprint density at radius 2 is 1.81 bits per heavy atom. The second kappa shape index (κ2) is 10.8. The predicted molar refractivity (Wildman–Crippen MR) is 123 cm³/mol. The highest BCUT2D eigenvalue weighted by molar-refractivity contribution is 6.40. The van der Waals surface area contributed by atoms with E-state index in [0.29, 0.717) is 32.5 Å². The van der Waals surface area contributed by atoms with Gasteiger partial charge in [-0.3, -0.25) is 24.4 Å². The van der Waals surface area contributed by atoms with Crippen LogP contribution >= 0.6 is 23.2 Å². The Bertz CT molecular complexity index is 965. The predicted octanol–water partition coefficient (Wildman–Crippen LogP) is 2.69. The summed E-state index contributed by atoms with van der Waals surface area (Å²) in [5.41, 5.74) is 0.420. The van der Waals surface area contributed by atoms with Gasteiger partial charge in [-0.1, -0.05) is 29.3 Å². The van der Waals surface area contributed by atoms with E-state index in [4.69, 9.17) is 23.2 Å². The van der Waals surface area contributed by atoms with Gasteiger partial charge in [0.2, 0.25) is 5.91 Å². The van der Waals surface area contributed by atoms with Crippen molar-refractivity contribution in [2.75, 3.05) is 25.0 Å². The Balaban J connectivity index is 1.55. The van der Waals surface area contributed by atoms with Crippen molar-refractivity contribution in [1.82, 2.24) is 25.7 Å². The highest BCUT2D eigenvalue weighted by atomic mass is 35.5. The number of nitrogens with one attached hydrogen (secondary N) is 4. The molecular weight excluding hydrogens is 455 g/mol. The van der Waals surface area contributed by atoms with Crippen molar-refractivity contribution in [3.05, 3.63) is 45.7 Å². The molecule has 0 atom stereocenters. The highest BCUT2D eigenvalue weighted by Crippen LogP contribution is 2.25. The van der Waals surface area contributed by atoms with Gasteiger partial charge in [-0.25, -0.2) is 0 Å². The maximum Gasteiger partial charge on any atom is 0.274 e. The Labute approximate surface area is 196 Å². The van der Waals surface area contributed by atoms with Gasteiger partial charge >= 0.3 is 0 Å². The van der Waals surface area contributed by atoms with Gasteiger partial charge in [-0.15, -0.1) is 0 Å². The molecule has 4 N–H and O–H groups in total. The van der Waals surface area contributed by atoms with Gasteiger partial charge in [0.05, 0.1) is 27.8 Å². The number of rotatable bonds is 7. The maximum atomic E-state index is 12.8. The van der Waals surface area contributed by atoms with E-state index in [1.165, 1.54) is 6.20 Å². The molecule has 2 heterocycles. The van der Waals surface area contributed by atoms with E-state index in [2.05, 4.69) is 31.0 Å². The molecule has 1 saturated heterocycles. The zero-order valence-corrected chi connectivity index (χ0v) is 19.4. The van der Waals surface area contributed by atoms with Crippen molar-refractivity contribution in [1.29, 1.82) is 0 Å². The molecule has 0 radical (unpaired) electrons. The van der Waals surface area contributed by atoms with Crippen LogP contribution in [0.5, 0.6) is 0 Å². The van der Waals surface area contributed by atoms with Crippen molar-refractivity contribution in [3.63, 3.8) is 0 Å². The fourth-order valence-corrected chi connectivity index (χ4v) is 4.09. The minimum atomic E-state index is -0.538. The average Bonchev–Trinajstić information content (AvgIpc) is 3.17. The second-order valence-corrected chi connectivity index (χ2v) is 8.76. The van der Waals surface area contributed by atoms with Crippen LogP contribution in [0.2, 0.25) is 10.0 Å². The molecule has 11 heteroatoms. The molecule has 0 saturated carbocycles. The summed E-state index contributed by atoms with van der Waals surface area (Å²) in [6.07, 6.45) is 2.84. The van der Waals surface area contributed by atoms with Crippen molar-refractivity contribution < 1.29 is 14.4 Å². The molecule has 1 aliphatic heterocycles. The topological polar surface area (TPSA) is 119 Å². The highest BCUT2D eigenvalue weighted by Gasteiger charge is 2.25. The summed E-state index contributed by atoms with van der Waals surface area (Å²) in [5, 5.41) is 15.5. The zero-order valence-electron chi connectivity index (χ0n) is 17.9. The minimum absolute atomic E-state index is 0.00184. The molecule has 9 nitrogen and oxygen atoms in total. The molecule has 32 heavy (non-hydrogen) atoms. The largest absolute Gasteiger partial charge is 0.353 e. The van der Waals surface area contributed by atoms with Crippen molar-refractivity contribution in [2.45, 2.75) is 38.8 Å². The fourth-order valence-electron chi connectivity index (χ4n) is 3.52. The van der Waals surface area contributed by atoms with Gasteiger partial charge in [0.1, 0.15) is 0 Å². The molecule has 0 bridgehead atoms. The van der Waals surface area contributed by atoms with Crippen LogP contribution in [-0.2, 0) is 4.79 Å². The molecule has 0 unspecified atom stereocenters. The van der Waals surface area contributed by atoms with Gasteiger partial charge in [-0.05, 0) is 38.8 Å². The number of piperidine rings is 1. The average molecular weight is 481 g/mol. The van der Waals surface area contributed by atoms with E-state index < -0.39 is 11.8 Å². The molecule has 0 spiro atoms. The Hall–Kier alpha value is -2.62. The second-order valence-electron chi connectivity index (χ2n) is 7.94. The lowest BCUT2D eigenvalue weighted by Crippen LogP contribution is -2.48. The number of carbonyl (C=O) groups is 3. The fraction of sp³-hybridized carbons (Fsp3) is 0.429.